The Morgan fingerprint density at radius 1 is 0.962 bits per heavy atom. The van der Waals surface area contributed by atoms with Gasteiger partial charge in [-0.05, 0) is 45.0 Å². The van der Waals surface area contributed by atoms with Gasteiger partial charge in [0.05, 0.1) is 11.4 Å². The van der Waals surface area contributed by atoms with Crippen LogP contribution >= 0.6 is 0 Å². The van der Waals surface area contributed by atoms with Gasteiger partial charge in [-0.2, -0.15) is 5.01 Å². The van der Waals surface area contributed by atoms with Crippen LogP contribution in [0.15, 0.2) is 64.9 Å². The zero-order valence-electron chi connectivity index (χ0n) is 15.9. The Morgan fingerprint density at radius 2 is 1.54 bits per heavy atom. The molecule has 5 nitrogen and oxygen atoms in total. The van der Waals surface area contributed by atoms with Crippen LogP contribution in [0.2, 0.25) is 0 Å². The van der Waals surface area contributed by atoms with Crippen molar-refractivity contribution in [2.45, 2.75) is 34.6 Å². The van der Waals surface area contributed by atoms with Gasteiger partial charge in [-0.25, -0.2) is 0 Å². The van der Waals surface area contributed by atoms with Crippen molar-refractivity contribution >= 4 is 23.1 Å². The predicted octanol–water partition coefficient (Wildman–Crippen LogP) is 5.28. The molecular formula is C21H25N3O2. The van der Waals surface area contributed by atoms with Crippen molar-refractivity contribution in [1.29, 1.82) is 0 Å². The Hall–Kier alpha value is -2.82. The average molecular weight is 351 g/mol. The van der Waals surface area contributed by atoms with Gasteiger partial charge in [0.25, 0.3) is 5.91 Å². The number of benzene rings is 2. The Morgan fingerprint density at radius 3 is 2.08 bits per heavy atom. The van der Waals surface area contributed by atoms with Crippen LogP contribution in [0.5, 0.6) is 0 Å². The number of ketones is 1. The highest BCUT2D eigenvalue weighted by molar-refractivity contribution is 6.11. The second-order valence-corrected chi connectivity index (χ2v) is 7.12. The number of anilines is 1. The Labute approximate surface area is 154 Å². The highest BCUT2D eigenvalue weighted by atomic mass is 16.2. The van der Waals surface area contributed by atoms with Crippen LogP contribution in [-0.2, 0) is 9.59 Å². The van der Waals surface area contributed by atoms with E-state index in [1.165, 1.54) is 5.01 Å². The molecule has 0 atom stereocenters. The van der Waals surface area contributed by atoms with E-state index >= 15 is 0 Å². The van der Waals surface area contributed by atoms with E-state index in [4.69, 9.17) is 0 Å². The Kier molecular flexibility index (Phi) is 6.03. The van der Waals surface area contributed by atoms with Crippen LogP contribution in [0.1, 0.15) is 33.3 Å². The highest BCUT2D eigenvalue weighted by Crippen LogP contribution is 2.28. The van der Waals surface area contributed by atoms with Gasteiger partial charge in [-0.15, -0.1) is 5.11 Å². The maximum absolute atomic E-state index is 13.1. The molecule has 0 aliphatic carbocycles. The summed E-state index contributed by atoms with van der Waals surface area (Å²) in [5.74, 6) is -0.784. The summed E-state index contributed by atoms with van der Waals surface area (Å²) < 4.78 is 0. The van der Waals surface area contributed by atoms with Crippen molar-refractivity contribution in [2.24, 2.45) is 21.7 Å². The van der Waals surface area contributed by atoms with Crippen molar-refractivity contribution in [1.82, 2.24) is 0 Å². The van der Waals surface area contributed by atoms with Crippen LogP contribution in [0.3, 0.4) is 0 Å². The third kappa shape index (κ3) is 4.42. The lowest BCUT2D eigenvalue weighted by molar-refractivity contribution is -0.140. The maximum atomic E-state index is 13.1. The standard InChI is InChI=1S/C21H25N3O2/c1-15(2)19(25)21(4,5)20(26)24(18-9-7-6-8-10-18)23-22-17-13-11-16(3)12-14-17/h6-15H,1-5H3/b23-22+. The fourth-order valence-electron chi connectivity index (χ4n) is 2.58. The van der Waals surface area contributed by atoms with Gasteiger partial charge in [0.15, 0.2) is 0 Å². The second-order valence-electron chi connectivity index (χ2n) is 7.12. The SMILES string of the molecule is Cc1ccc(/N=N/N(C(=O)C(C)(C)C(=O)C(C)C)c2ccccc2)cc1. The molecular weight excluding hydrogens is 326 g/mol. The molecule has 2 aromatic carbocycles. The molecule has 0 heterocycles. The van der Waals surface area contributed by atoms with Gasteiger partial charge in [0.2, 0.25) is 0 Å². The lowest BCUT2D eigenvalue weighted by Crippen LogP contribution is -2.44. The summed E-state index contributed by atoms with van der Waals surface area (Å²) in [7, 11) is 0. The molecule has 0 saturated heterocycles. The number of carbonyl (C=O) groups is 2. The molecule has 0 unspecified atom stereocenters. The summed E-state index contributed by atoms with van der Waals surface area (Å²) >= 11 is 0. The monoisotopic (exact) mass is 351 g/mol. The molecule has 0 saturated carbocycles. The molecule has 0 aromatic heterocycles. The third-order valence-electron chi connectivity index (χ3n) is 4.15. The van der Waals surface area contributed by atoms with Gasteiger partial charge in [-0.3, -0.25) is 9.59 Å². The van der Waals surface area contributed by atoms with Crippen LogP contribution in [0, 0.1) is 18.3 Å². The number of para-hydroxylation sites is 1. The molecule has 0 radical (unpaired) electrons. The van der Waals surface area contributed by atoms with Crippen LogP contribution in [0.25, 0.3) is 0 Å². The molecule has 1 amide bonds. The lowest BCUT2D eigenvalue weighted by atomic mass is 9.81. The summed E-state index contributed by atoms with van der Waals surface area (Å²) in [6.45, 7) is 8.83. The number of amides is 1. The van der Waals surface area contributed by atoms with Crippen LogP contribution in [0.4, 0.5) is 11.4 Å². The van der Waals surface area contributed by atoms with Crippen molar-refractivity contribution in [3.8, 4) is 0 Å². The molecule has 2 rings (SSSR count). The van der Waals surface area contributed by atoms with E-state index in [-0.39, 0.29) is 11.7 Å². The molecule has 0 aliphatic rings. The minimum atomic E-state index is -1.20. The van der Waals surface area contributed by atoms with Gasteiger partial charge in [0, 0.05) is 5.92 Å². The number of hydrogen-bond donors (Lipinski definition) is 0. The summed E-state index contributed by atoms with van der Waals surface area (Å²) in [4.78, 5) is 25.7. The van der Waals surface area contributed by atoms with Crippen molar-refractivity contribution in [2.75, 3.05) is 5.01 Å². The number of rotatable bonds is 6. The van der Waals surface area contributed by atoms with Gasteiger partial charge < -0.3 is 0 Å². The molecule has 2 aromatic rings. The smallest absolute Gasteiger partial charge is 0.261 e. The van der Waals surface area contributed by atoms with E-state index in [2.05, 4.69) is 10.3 Å². The van der Waals surface area contributed by atoms with Crippen LogP contribution < -0.4 is 5.01 Å². The Bertz CT molecular complexity index is 794. The first-order valence-corrected chi connectivity index (χ1v) is 8.65. The van der Waals surface area contributed by atoms with Crippen molar-refractivity contribution in [3.63, 3.8) is 0 Å². The first kappa shape index (κ1) is 19.5. The summed E-state index contributed by atoms with van der Waals surface area (Å²) in [5.41, 5.74) is 1.12. The fourth-order valence-corrected chi connectivity index (χ4v) is 2.58. The fraction of sp³-hybridized carbons (Fsp3) is 0.333. The van der Waals surface area contributed by atoms with Gasteiger partial charge >= 0.3 is 0 Å². The van der Waals surface area contributed by atoms with E-state index in [0.717, 1.165) is 5.56 Å². The van der Waals surface area contributed by atoms with E-state index in [1.807, 2.05) is 49.4 Å². The number of Topliss-reactive ketones (excluding diaryl/α,β-unsaturated/α-hetero) is 1. The molecule has 0 N–H and O–H groups in total. The zero-order chi connectivity index (χ0) is 19.3. The number of hydrogen-bond acceptors (Lipinski definition) is 4. The first-order chi connectivity index (χ1) is 12.2. The molecule has 0 aliphatic heterocycles. The molecule has 0 fully saturated rings. The molecule has 26 heavy (non-hydrogen) atoms. The largest absolute Gasteiger partial charge is 0.298 e. The Balaban J connectivity index is 2.40. The van der Waals surface area contributed by atoms with E-state index in [1.54, 1.807) is 39.8 Å². The zero-order valence-corrected chi connectivity index (χ0v) is 15.9. The molecule has 0 bridgehead atoms. The number of aryl methyl sites for hydroxylation is 1. The summed E-state index contributed by atoms with van der Waals surface area (Å²) in [5, 5.41) is 9.55. The van der Waals surface area contributed by atoms with Crippen LogP contribution in [-0.4, -0.2) is 11.7 Å². The average Bonchev–Trinajstić information content (AvgIpc) is 2.63. The predicted molar refractivity (Wildman–Crippen MR) is 103 cm³/mol. The normalized spacial score (nSPS) is 11.8. The third-order valence-corrected chi connectivity index (χ3v) is 4.15. The number of carbonyl (C=O) groups excluding carboxylic acids is 2. The summed E-state index contributed by atoms with van der Waals surface area (Å²) in [6.07, 6.45) is 0. The maximum Gasteiger partial charge on any atom is 0.261 e. The molecule has 136 valence electrons. The molecule has 5 heteroatoms. The van der Waals surface area contributed by atoms with E-state index in [0.29, 0.717) is 11.4 Å². The first-order valence-electron chi connectivity index (χ1n) is 8.65. The lowest BCUT2D eigenvalue weighted by Gasteiger charge is -2.28. The molecule has 0 spiro atoms. The topological polar surface area (TPSA) is 62.1 Å². The quantitative estimate of drug-likeness (QED) is 0.404. The van der Waals surface area contributed by atoms with E-state index in [9.17, 15) is 9.59 Å². The van der Waals surface area contributed by atoms with Gasteiger partial charge in [-0.1, -0.05) is 55.0 Å². The summed E-state index contributed by atoms with van der Waals surface area (Å²) in [6, 6.07) is 16.5. The second kappa shape index (κ2) is 8.04. The van der Waals surface area contributed by atoms with Gasteiger partial charge in [0.1, 0.15) is 11.2 Å². The van der Waals surface area contributed by atoms with Crippen molar-refractivity contribution in [3.05, 3.63) is 60.2 Å². The van der Waals surface area contributed by atoms with Crippen molar-refractivity contribution < 1.29 is 9.59 Å². The minimum Gasteiger partial charge on any atom is -0.298 e. The highest BCUT2D eigenvalue weighted by Gasteiger charge is 2.41. The van der Waals surface area contributed by atoms with E-state index < -0.39 is 11.3 Å². The number of nitrogens with zero attached hydrogens (tertiary/aromatic N) is 3. The minimum absolute atomic E-state index is 0.131.